The van der Waals surface area contributed by atoms with Crippen molar-refractivity contribution in [1.82, 2.24) is 0 Å². The lowest BCUT2D eigenvalue weighted by atomic mass is 10.4. The van der Waals surface area contributed by atoms with Crippen molar-refractivity contribution in [2.24, 2.45) is 10.1 Å². The smallest absolute Gasteiger partial charge is 0.297 e. The van der Waals surface area contributed by atoms with Gasteiger partial charge in [0.1, 0.15) is 0 Å². The van der Waals surface area contributed by atoms with Crippen LogP contribution in [0.2, 0.25) is 5.02 Å². The molecule has 0 heterocycles. The second-order valence-electron chi connectivity index (χ2n) is 2.56. The van der Waals surface area contributed by atoms with Gasteiger partial charge in [-0.25, -0.2) is 0 Å². The Morgan fingerprint density at radius 3 is 2.40 bits per heavy atom. The number of amidine groups is 1. The molecule has 0 spiro atoms. The number of sulfonamides is 1. The fraction of sp³-hybridized carbons (Fsp3) is 0.125. The molecular formula is C8H9ClN2O3S. The van der Waals surface area contributed by atoms with E-state index in [4.69, 9.17) is 17.3 Å². The zero-order chi connectivity index (χ0) is 11.5. The van der Waals surface area contributed by atoms with Crippen LogP contribution in [0.4, 0.5) is 0 Å². The number of halogens is 1. The molecule has 0 saturated heterocycles. The standard InChI is InChI=1S/C8H9ClN2O3S/c1-14-8(10)11-15(12,13)7-4-2-6(9)3-5-7/h2-5H,1H3,(H2,10,11). The molecule has 2 N–H and O–H groups in total. The second kappa shape index (κ2) is 4.50. The zero-order valence-electron chi connectivity index (χ0n) is 7.84. The summed E-state index contributed by atoms with van der Waals surface area (Å²) in [5.41, 5.74) is 5.15. The topological polar surface area (TPSA) is 81.8 Å². The van der Waals surface area contributed by atoms with Crippen LogP contribution in [0.3, 0.4) is 0 Å². The van der Waals surface area contributed by atoms with Crippen molar-refractivity contribution in [3.05, 3.63) is 29.3 Å². The Hall–Kier alpha value is -1.27. The van der Waals surface area contributed by atoms with Gasteiger partial charge >= 0.3 is 0 Å². The van der Waals surface area contributed by atoms with Crippen LogP contribution in [0.25, 0.3) is 0 Å². The molecule has 0 aromatic heterocycles. The van der Waals surface area contributed by atoms with Gasteiger partial charge in [0.15, 0.2) is 0 Å². The molecule has 82 valence electrons. The maximum Gasteiger partial charge on any atom is 0.297 e. The Labute approximate surface area is 92.6 Å². The van der Waals surface area contributed by atoms with E-state index in [0.29, 0.717) is 5.02 Å². The summed E-state index contributed by atoms with van der Waals surface area (Å²) in [5, 5.41) is 0.442. The van der Waals surface area contributed by atoms with Crippen molar-refractivity contribution in [3.63, 3.8) is 0 Å². The molecule has 0 aliphatic heterocycles. The van der Waals surface area contributed by atoms with Crippen LogP contribution < -0.4 is 5.73 Å². The van der Waals surface area contributed by atoms with Crippen molar-refractivity contribution < 1.29 is 13.2 Å². The molecule has 0 aliphatic carbocycles. The summed E-state index contributed by atoms with van der Waals surface area (Å²) in [6, 6.07) is 5.17. The van der Waals surface area contributed by atoms with E-state index in [1.807, 2.05) is 0 Å². The highest BCUT2D eigenvalue weighted by molar-refractivity contribution is 7.90. The van der Waals surface area contributed by atoms with Gasteiger partial charge in [0.05, 0.1) is 12.0 Å². The molecule has 0 amide bonds. The van der Waals surface area contributed by atoms with Crippen LogP contribution in [0, 0.1) is 0 Å². The number of hydrogen-bond donors (Lipinski definition) is 1. The van der Waals surface area contributed by atoms with Gasteiger partial charge in [-0.1, -0.05) is 11.6 Å². The van der Waals surface area contributed by atoms with E-state index >= 15 is 0 Å². The van der Waals surface area contributed by atoms with E-state index < -0.39 is 16.0 Å². The molecule has 0 atom stereocenters. The third-order valence-corrected chi connectivity index (χ3v) is 3.07. The maximum atomic E-state index is 11.5. The average molecular weight is 249 g/mol. The molecule has 0 saturated carbocycles. The van der Waals surface area contributed by atoms with E-state index in [2.05, 4.69) is 9.13 Å². The van der Waals surface area contributed by atoms with E-state index in [9.17, 15) is 8.42 Å². The van der Waals surface area contributed by atoms with Gasteiger partial charge in [0, 0.05) is 5.02 Å². The Morgan fingerprint density at radius 2 is 1.93 bits per heavy atom. The number of methoxy groups -OCH3 is 1. The summed E-state index contributed by atoms with van der Waals surface area (Å²) in [7, 11) is -2.58. The van der Waals surface area contributed by atoms with Crippen LogP contribution >= 0.6 is 11.6 Å². The number of hydrogen-bond acceptors (Lipinski definition) is 3. The summed E-state index contributed by atoms with van der Waals surface area (Å²) in [5.74, 6) is 0. The van der Waals surface area contributed by atoms with E-state index in [1.165, 1.54) is 31.4 Å². The fourth-order valence-corrected chi connectivity index (χ4v) is 1.84. The van der Waals surface area contributed by atoms with Crippen LogP contribution in [-0.4, -0.2) is 21.5 Å². The molecule has 0 aliphatic rings. The van der Waals surface area contributed by atoms with E-state index in [-0.39, 0.29) is 4.90 Å². The third kappa shape index (κ3) is 3.10. The van der Waals surface area contributed by atoms with Crippen molar-refractivity contribution in [3.8, 4) is 0 Å². The highest BCUT2D eigenvalue weighted by Crippen LogP contribution is 2.15. The summed E-state index contributed by atoms with van der Waals surface area (Å²) in [6.07, 6.45) is 0. The van der Waals surface area contributed by atoms with Gasteiger partial charge in [-0.15, -0.1) is 4.40 Å². The second-order valence-corrected chi connectivity index (χ2v) is 4.60. The first-order valence-electron chi connectivity index (χ1n) is 3.86. The first kappa shape index (κ1) is 11.8. The lowest BCUT2D eigenvalue weighted by Crippen LogP contribution is -2.16. The first-order valence-corrected chi connectivity index (χ1v) is 5.67. The van der Waals surface area contributed by atoms with Crippen LogP contribution in [0.5, 0.6) is 0 Å². The number of ether oxygens (including phenoxy) is 1. The molecule has 0 fully saturated rings. The van der Waals surface area contributed by atoms with E-state index in [0.717, 1.165) is 0 Å². The predicted octanol–water partition coefficient (Wildman–Crippen LogP) is 0.990. The van der Waals surface area contributed by atoms with Crippen molar-refractivity contribution in [2.45, 2.75) is 4.90 Å². The van der Waals surface area contributed by atoms with Crippen molar-refractivity contribution in [1.29, 1.82) is 0 Å². The monoisotopic (exact) mass is 248 g/mol. The van der Waals surface area contributed by atoms with Gasteiger partial charge in [0.25, 0.3) is 16.0 Å². The summed E-state index contributed by atoms with van der Waals surface area (Å²) < 4.78 is 30.7. The Balaban J connectivity index is 3.13. The number of nitrogens with two attached hydrogens (primary N) is 1. The summed E-state index contributed by atoms with van der Waals surface area (Å²) in [4.78, 5) is 0.00639. The van der Waals surface area contributed by atoms with Crippen LogP contribution in [-0.2, 0) is 14.8 Å². The van der Waals surface area contributed by atoms with E-state index in [1.54, 1.807) is 0 Å². The number of rotatable bonds is 2. The Kier molecular flexibility index (Phi) is 3.54. The molecule has 7 heteroatoms. The van der Waals surface area contributed by atoms with Gasteiger partial charge in [-0.3, -0.25) is 0 Å². The third-order valence-electron chi connectivity index (χ3n) is 1.53. The van der Waals surface area contributed by atoms with Crippen LogP contribution in [0.15, 0.2) is 33.6 Å². The molecule has 15 heavy (non-hydrogen) atoms. The number of nitrogens with zero attached hydrogens (tertiary/aromatic N) is 1. The number of benzene rings is 1. The first-order chi connectivity index (χ1) is 6.95. The molecular weight excluding hydrogens is 240 g/mol. The van der Waals surface area contributed by atoms with Gasteiger partial charge in [-0.05, 0) is 24.3 Å². The average Bonchev–Trinajstić information content (AvgIpc) is 2.17. The highest BCUT2D eigenvalue weighted by atomic mass is 35.5. The minimum Gasteiger partial charge on any atom is -0.468 e. The minimum atomic E-state index is -3.81. The highest BCUT2D eigenvalue weighted by Gasteiger charge is 2.13. The maximum absolute atomic E-state index is 11.5. The molecule has 0 radical (unpaired) electrons. The van der Waals surface area contributed by atoms with Gasteiger partial charge in [-0.2, -0.15) is 8.42 Å². The summed E-state index contributed by atoms with van der Waals surface area (Å²) in [6.45, 7) is 0. The quantitative estimate of drug-likeness (QED) is 0.625. The molecule has 1 aromatic carbocycles. The lowest BCUT2D eigenvalue weighted by Gasteiger charge is -2.00. The zero-order valence-corrected chi connectivity index (χ0v) is 9.42. The molecule has 0 bridgehead atoms. The van der Waals surface area contributed by atoms with Crippen molar-refractivity contribution >= 4 is 27.6 Å². The summed E-state index contributed by atoms with van der Waals surface area (Å²) >= 11 is 5.61. The van der Waals surface area contributed by atoms with Gasteiger partial charge in [0.2, 0.25) is 0 Å². The fourth-order valence-electron chi connectivity index (χ4n) is 0.815. The van der Waals surface area contributed by atoms with Gasteiger partial charge < -0.3 is 10.5 Å². The largest absolute Gasteiger partial charge is 0.468 e. The Bertz CT molecular complexity index is 467. The van der Waals surface area contributed by atoms with Crippen LogP contribution in [0.1, 0.15) is 0 Å². The Morgan fingerprint density at radius 1 is 1.40 bits per heavy atom. The normalized spacial score (nSPS) is 12.5. The molecule has 0 unspecified atom stereocenters. The minimum absolute atomic E-state index is 0.00639. The lowest BCUT2D eigenvalue weighted by molar-refractivity contribution is 0.397. The predicted molar refractivity (Wildman–Crippen MR) is 57.3 cm³/mol. The molecule has 1 rings (SSSR count). The molecule has 1 aromatic rings. The molecule has 5 nitrogen and oxygen atoms in total. The SMILES string of the molecule is COC(N)=NS(=O)(=O)c1ccc(Cl)cc1. The van der Waals surface area contributed by atoms with Crippen molar-refractivity contribution in [2.75, 3.05) is 7.11 Å².